The molecule has 1 radical (unpaired) electrons. The lowest BCUT2D eigenvalue weighted by molar-refractivity contribution is 0.100. The van der Waals surface area contributed by atoms with E-state index in [-0.39, 0.29) is 0 Å². The quantitative estimate of drug-likeness (QED) is 0.545. The van der Waals surface area contributed by atoms with Gasteiger partial charge in [0, 0.05) is 5.56 Å². The molecule has 0 unspecified atom stereocenters. The molecule has 0 aliphatic rings. The van der Waals surface area contributed by atoms with Crippen LogP contribution in [-0.2, 0) is 6.42 Å². The molecule has 0 saturated carbocycles. The molecule has 0 bridgehead atoms. The molecule has 6 nitrogen and oxygen atoms in total. The maximum absolute atomic E-state index is 12.3. The van der Waals surface area contributed by atoms with E-state index in [4.69, 9.17) is 5.73 Å². The molecule has 4 rings (SSSR count). The van der Waals surface area contributed by atoms with Gasteiger partial charge in [0.2, 0.25) is 5.91 Å². The summed E-state index contributed by atoms with van der Waals surface area (Å²) >= 11 is 0. The third kappa shape index (κ3) is 3.66. The van der Waals surface area contributed by atoms with Crippen molar-refractivity contribution in [3.63, 3.8) is 0 Å². The SMILES string of the molecule is NC(=O)c1c([CH]Cc2ccccc2)cccc1-c1cccc(-c2nnn[nH]2)c1. The van der Waals surface area contributed by atoms with Crippen LogP contribution in [0, 0.1) is 6.42 Å². The Hall–Kier alpha value is -3.80. The Kier molecular flexibility index (Phi) is 4.93. The van der Waals surface area contributed by atoms with Gasteiger partial charge in [-0.2, -0.15) is 0 Å². The van der Waals surface area contributed by atoms with Gasteiger partial charge >= 0.3 is 0 Å². The molecule has 28 heavy (non-hydrogen) atoms. The van der Waals surface area contributed by atoms with Crippen LogP contribution in [0.5, 0.6) is 0 Å². The Morgan fingerprint density at radius 1 is 0.964 bits per heavy atom. The minimum atomic E-state index is -0.457. The van der Waals surface area contributed by atoms with Crippen molar-refractivity contribution in [1.29, 1.82) is 0 Å². The average Bonchev–Trinajstić information content (AvgIpc) is 3.28. The van der Waals surface area contributed by atoms with Crippen LogP contribution >= 0.6 is 0 Å². The molecule has 1 heterocycles. The third-order valence-corrected chi connectivity index (χ3v) is 4.54. The second-order valence-electron chi connectivity index (χ2n) is 6.36. The largest absolute Gasteiger partial charge is 0.366 e. The van der Waals surface area contributed by atoms with Gasteiger partial charge in [-0.25, -0.2) is 5.10 Å². The molecule has 0 atom stereocenters. The lowest BCUT2D eigenvalue weighted by atomic mass is 9.91. The lowest BCUT2D eigenvalue weighted by Crippen LogP contribution is -2.15. The summed E-state index contributed by atoms with van der Waals surface area (Å²) in [4.78, 5) is 12.3. The van der Waals surface area contributed by atoms with Gasteiger partial charge in [-0.3, -0.25) is 4.79 Å². The fourth-order valence-electron chi connectivity index (χ4n) is 3.21. The van der Waals surface area contributed by atoms with Crippen LogP contribution in [0.3, 0.4) is 0 Å². The summed E-state index contributed by atoms with van der Waals surface area (Å²) in [6, 6.07) is 23.5. The zero-order valence-corrected chi connectivity index (χ0v) is 15.0. The van der Waals surface area contributed by atoms with Crippen LogP contribution in [0.4, 0.5) is 0 Å². The fourth-order valence-corrected chi connectivity index (χ4v) is 3.21. The number of nitrogens with zero attached hydrogens (tertiary/aromatic N) is 3. The first kappa shape index (κ1) is 17.6. The van der Waals surface area contributed by atoms with E-state index in [9.17, 15) is 4.79 Å². The van der Waals surface area contributed by atoms with Crippen molar-refractivity contribution in [3.05, 3.63) is 95.9 Å². The van der Waals surface area contributed by atoms with Crippen molar-refractivity contribution in [2.24, 2.45) is 5.73 Å². The number of primary amides is 1. The molecule has 0 aliphatic heterocycles. The Bertz CT molecular complexity index is 1090. The van der Waals surface area contributed by atoms with Crippen molar-refractivity contribution in [1.82, 2.24) is 20.6 Å². The summed E-state index contributed by atoms with van der Waals surface area (Å²) < 4.78 is 0. The average molecular weight is 368 g/mol. The maximum Gasteiger partial charge on any atom is 0.249 e. The van der Waals surface area contributed by atoms with Crippen molar-refractivity contribution in [2.75, 3.05) is 0 Å². The molecule has 0 aliphatic carbocycles. The highest BCUT2D eigenvalue weighted by atomic mass is 16.1. The van der Waals surface area contributed by atoms with Crippen molar-refractivity contribution in [2.45, 2.75) is 6.42 Å². The van der Waals surface area contributed by atoms with Gasteiger partial charge in [-0.1, -0.05) is 66.7 Å². The van der Waals surface area contributed by atoms with Gasteiger partial charge in [0.15, 0.2) is 5.82 Å². The second kappa shape index (κ2) is 7.84. The number of benzene rings is 3. The highest BCUT2D eigenvalue weighted by Crippen LogP contribution is 2.30. The second-order valence-corrected chi connectivity index (χ2v) is 6.36. The van der Waals surface area contributed by atoms with Crippen LogP contribution < -0.4 is 5.73 Å². The minimum absolute atomic E-state index is 0.457. The predicted octanol–water partition coefficient (Wildman–Crippen LogP) is 3.43. The summed E-state index contributed by atoms with van der Waals surface area (Å²) in [5.74, 6) is 0.107. The number of nitrogens with two attached hydrogens (primary N) is 1. The zero-order valence-electron chi connectivity index (χ0n) is 15.0. The Balaban J connectivity index is 1.71. The molecule has 3 N–H and O–H groups in total. The molecule has 0 spiro atoms. The van der Waals surface area contributed by atoms with Crippen molar-refractivity contribution < 1.29 is 4.79 Å². The van der Waals surface area contributed by atoms with Crippen molar-refractivity contribution >= 4 is 5.91 Å². The predicted molar refractivity (Wildman–Crippen MR) is 107 cm³/mol. The van der Waals surface area contributed by atoms with E-state index in [1.54, 1.807) is 0 Å². The fraction of sp³-hybridized carbons (Fsp3) is 0.0455. The van der Waals surface area contributed by atoms with Crippen molar-refractivity contribution in [3.8, 4) is 22.5 Å². The van der Waals surface area contributed by atoms with Gasteiger partial charge in [-0.05, 0) is 51.6 Å². The number of H-pyrrole nitrogens is 1. The number of aromatic nitrogens is 4. The monoisotopic (exact) mass is 368 g/mol. The van der Waals surface area contributed by atoms with Gasteiger partial charge in [0.25, 0.3) is 0 Å². The first-order valence-corrected chi connectivity index (χ1v) is 8.87. The Morgan fingerprint density at radius 2 is 1.75 bits per heavy atom. The highest BCUT2D eigenvalue weighted by Gasteiger charge is 2.16. The van der Waals surface area contributed by atoms with E-state index >= 15 is 0 Å². The van der Waals surface area contributed by atoms with E-state index < -0.39 is 5.91 Å². The van der Waals surface area contributed by atoms with E-state index in [2.05, 4.69) is 32.8 Å². The Labute approximate surface area is 162 Å². The molecule has 0 saturated heterocycles. The third-order valence-electron chi connectivity index (χ3n) is 4.54. The smallest absolute Gasteiger partial charge is 0.249 e. The molecule has 4 aromatic rings. The van der Waals surface area contributed by atoms with Gasteiger partial charge < -0.3 is 5.73 Å². The number of aromatic amines is 1. The van der Waals surface area contributed by atoms with E-state index in [0.717, 1.165) is 22.3 Å². The molecule has 6 heteroatoms. The number of carbonyl (C=O) groups is 1. The Morgan fingerprint density at radius 3 is 2.50 bits per heavy atom. The van der Waals surface area contributed by atoms with Crippen LogP contribution in [0.2, 0.25) is 0 Å². The van der Waals surface area contributed by atoms with Gasteiger partial charge in [0.05, 0.1) is 5.56 Å². The summed E-state index contributed by atoms with van der Waals surface area (Å²) in [5, 5.41) is 13.9. The van der Waals surface area contributed by atoms with Gasteiger partial charge in [0.1, 0.15) is 0 Å². The maximum atomic E-state index is 12.3. The van der Waals surface area contributed by atoms with Crippen LogP contribution in [0.25, 0.3) is 22.5 Å². The number of hydrogen-bond donors (Lipinski definition) is 2. The lowest BCUT2D eigenvalue weighted by Gasteiger charge is -2.13. The summed E-state index contributed by atoms with van der Waals surface area (Å²) in [7, 11) is 0. The molecular weight excluding hydrogens is 350 g/mol. The number of carbonyl (C=O) groups excluding carboxylic acids is 1. The van der Waals surface area contributed by atoms with Crippen LogP contribution in [0.15, 0.2) is 72.8 Å². The summed E-state index contributed by atoms with van der Waals surface area (Å²) in [6.07, 6.45) is 2.75. The van der Waals surface area contributed by atoms with Crippen LogP contribution in [-0.4, -0.2) is 26.5 Å². The van der Waals surface area contributed by atoms with Crippen LogP contribution in [0.1, 0.15) is 21.5 Å². The standard InChI is InChI=1S/C22H18N5O/c23-21(28)20-16(13-12-15-6-2-1-3-7-15)8-5-11-19(20)17-9-4-10-18(14-17)22-24-26-27-25-22/h1-11,13-14H,12H2,(H2,23,28)(H,24,25,26,27). The summed E-state index contributed by atoms with van der Waals surface area (Å²) in [5.41, 5.74) is 10.7. The van der Waals surface area contributed by atoms with Gasteiger partial charge in [-0.15, -0.1) is 5.10 Å². The van der Waals surface area contributed by atoms with E-state index in [0.29, 0.717) is 17.8 Å². The topological polar surface area (TPSA) is 97.6 Å². The normalized spacial score (nSPS) is 10.7. The highest BCUT2D eigenvalue weighted by molar-refractivity contribution is 6.02. The molecule has 137 valence electrons. The molecule has 3 aromatic carbocycles. The first-order chi connectivity index (χ1) is 13.7. The molecule has 1 amide bonds. The molecular formula is C22H18N5O. The number of amides is 1. The number of nitrogens with one attached hydrogen (secondary N) is 1. The number of hydrogen-bond acceptors (Lipinski definition) is 4. The number of rotatable bonds is 6. The molecule has 1 aromatic heterocycles. The number of tetrazole rings is 1. The summed E-state index contributed by atoms with van der Waals surface area (Å²) in [6.45, 7) is 0. The van der Waals surface area contributed by atoms with E-state index in [1.165, 1.54) is 5.56 Å². The minimum Gasteiger partial charge on any atom is -0.366 e. The van der Waals surface area contributed by atoms with E-state index in [1.807, 2.05) is 67.1 Å². The first-order valence-electron chi connectivity index (χ1n) is 8.87. The molecule has 0 fully saturated rings. The zero-order chi connectivity index (χ0) is 19.3.